The molecule has 1 atom stereocenters. The van der Waals surface area contributed by atoms with Crippen LogP contribution in [0.15, 0.2) is 57.4 Å². The van der Waals surface area contributed by atoms with Gasteiger partial charge in [0.05, 0.1) is 0 Å². The molecule has 0 aliphatic rings. The third-order valence-corrected chi connectivity index (χ3v) is 4.11. The first kappa shape index (κ1) is 16.3. The quantitative estimate of drug-likeness (QED) is 0.536. The normalized spacial score (nSPS) is 12.6. The molecular weight excluding hydrogens is 328 g/mol. The van der Waals surface area contributed by atoms with Crippen LogP contribution >= 0.6 is 0 Å². The Morgan fingerprint density at radius 1 is 0.885 bits per heavy atom. The fourth-order valence-corrected chi connectivity index (χ4v) is 2.70. The molecule has 0 amide bonds. The molecule has 0 saturated carbocycles. The van der Waals surface area contributed by atoms with Crippen molar-refractivity contribution in [2.75, 3.05) is 5.32 Å². The summed E-state index contributed by atoms with van der Waals surface area (Å²) < 4.78 is 11.6. The average molecular weight is 348 g/mol. The Labute approximate surface area is 151 Å². The fraction of sp³-hybridized carbons (Fsp3) is 0.250. The van der Waals surface area contributed by atoms with E-state index in [0.29, 0.717) is 11.8 Å². The molecule has 26 heavy (non-hydrogen) atoms. The predicted octanol–water partition coefficient (Wildman–Crippen LogP) is 5.17. The van der Waals surface area contributed by atoms with Gasteiger partial charge in [-0.3, -0.25) is 0 Å². The Kier molecular flexibility index (Phi) is 4.16. The minimum absolute atomic E-state index is 0.131. The van der Waals surface area contributed by atoms with Gasteiger partial charge in [0.15, 0.2) is 11.5 Å². The van der Waals surface area contributed by atoms with Gasteiger partial charge in [0.1, 0.15) is 11.6 Å². The Hall–Kier alpha value is -3.15. The van der Waals surface area contributed by atoms with Gasteiger partial charge in [-0.2, -0.15) is 0 Å². The topological polar surface area (TPSA) is 77.0 Å². The van der Waals surface area contributed by atoms with Crippen LogP contribution in [0.4, 0.5) is 5.69 Å². The van der Waals surface area contributed by atoms with Crippen LogP contribution in [0.3, 0.4) is 0 Å². The van der Waals surface area contributed by atoms with E-state index in [1.165, 1.54) is 0 Å². The highest BCUT2D eigenvalue weighted by molar-refractivity contribution is 5.77. The van der Waals surface area contributed by atoms with E-state index in [-0.39, 0.29) is 12.0 Å². The lowest BCUT2D eigenvalue weighted by Crippen LogP contribution is -2.06. The molecule has 1 N–H and O–H groups in total. The second kappa shape index (κ2) is 6.63. The molecule has 0 fully saturated rings. The number of oxazole rings is 1. The SMILES string of the molecule is CC(C)c1nc2cc(NC(C)c3nnc(-c4ccccc4)o3)ccc2o1. The third kappa shape index (κ3) is 3.18. The Balaban J connectivity index is 1.53. The maximum absolute atomic E-state index is 5.81. The third-order valence-electron chi connectivity index (χ3n) is 4.11. The second-order valence-corrected chi connectivity index (χ2v) is 6.57. The summed E-state index contributed by atoms with van der Waals surface area (Å²) in [5.41, 5.74) is 3.45. The first-order valence-corrected chi connectivity index (χ1v) is 8.66. The maximum atomic E-state index is 5.81. The predicted molar refractivity (Wildman–Crippen MR) is 99.9 cm³/mol. The number of benzene rings is 2. The summed E-state index contributed by atoms with van der Waals surface area (Å²) in [7, 11) is 0. The first-order valence-electron chi connectivity index (χ1n) is 8.66. The van der Waals surface area contributed by atoms with Crippen molar-refractivity contribution in [1.29, 1.82) is 0 Å². The lowest BCUT2D eigenvalue weighted by Gasteiger charge is -2.10. The largest absolute Gasteiger partial charge is 0.440 e. The minimum atomic E-state index is -0.131. The molecular formula is C20H20N4O2. The van der Waals surface area contributed by atoms with E-state index >= 15 is 0 Å². The van der Waals surface area contributed by atoms with Crippen molar-refractivity contribution >= 4 is 16.8 Å². The molecule has 0 aliphatic heterocycles. The van der Waals surface area contributed by atoms with Gasteiger partial charge in [-0.1, -0.05) is 32.0 Å². The van der Waals surface area contributed by atoms with E-state index in [1.807, 2.05) is 55.5 Å². The number of hydrogen-bond acceptors (Lipinski definition) is 6. The van der Waals surface area contributed by atoms with Crippen LogP contribution in [0.25, 0.3) is 22.6 Å². The van der Waals surface area contributed by atoms with Gasteiger partial charge in [0.25, 0.3) is 0 Å². The first-order chi connectivity index (χ1) is 12.6. The average Bonchev–Trinajstić information content (AvgIpc) is 3.29. The number of hydrogen-bond donors (Lipinski definition) is 1. The molecule has 0 bridgehead atoms. The van der Waals surface area contributed by atoms with Gasteiger partial charge in [0, 0.05) is 17.2 Å². The van der Waals surface area contributed by atoms with Crippen molar-refractivity contribution < 1.29 is 8.83 Å². The number of nitrogens with zero attached hydrogens (tertiary/aromatic N) is 3. The molecule has 2 heterocycles. The molecule has 6 heteroatoms. The molecule has 4 rings (SSSR count). The van der Waals surface area contributed by atoms with E-state index in [2.05, 4.69) is 34.3 Å². The Morgan fingerprint density at radius 3 is 2.46 bits per heavy atom. The number of fused-ring (bicyclic) bond motifs is 1. The number of nitrogens with one attached hydrogen (secondary N) is 1. The van der Waals surface area contributed by atoms with Gasteiger partial charge in [-0.05, 0) is 37.3 Å². The van der Waals surface area contributed by atoms with Crippen LogP contribution in [-0.2, 0) is 0 Å². The van der Waals surface area contributed by atoms with Crippen LogP contribution in [-0.4, -0.2) is 15.2 Å². The van der Waals surface area contributed by atoms with Gasteiger partial charge in [0.2, 0.25) is 11.8 Å². The molecule has 4 aromatic rings. The van der Waals surface area contributed by atoms with Crippen LogP contribution in [0.5, 0.6) is 0 Å². The van der Waals surface area contributed by atoms with Crippen molar-refractivity contribution in [3.63, 3.8) is 0 Å². The summed E-state index contributed by atoms with van der Waals surface area (Å²) in [6.45, 7) is 6.10. The zero-order valence-corrected chi connectivity index (χ0v) is 14.9. The highest BCUT2D eigenvalue weighted by Crippen LogP contribution is 2.27. The molecule has 2 aromatic heterocycles. The number of anilines is 1. The van der Waals surface area contributed by atoms with Crippen LogP contribution in [0, 0.1) is 0 Å². The van der Waals surface area contributed by atoms with Gasteiger partial charge < -0.3 is 14.2 Å². The van der Waals surface area contributed by atoms with E-state index in [0.717, 1.165) is 28.2 Å². The monoisotopic (exact) mass is 348 g/mol. The maximum Gasteiger partial charge on any atom is 0.247 e. The molecule has 132 valence electrons. The van der Waals surface area contributed by atoms with E-state index < -0.39 is 0 Å². The molecule has 0 aliphatic carbocycles. The molecule has 6 nitrogen and oxygen atoms in total. The smallest absolute Gasteiger partial charge is 0.247 e. The summed E-state index contributed by atoms with van der Waals surface area (Å²) in [5.74, 6) is 2.05. The zero-order chi connectivity index (χ0) is 18.1. The van der Waals surface area contributed by atoms with Crippen molar-refractivity contribution in [3.8, 4) is 11.5 Å². The standard InChI is InChI=1S/C20H20N4O2/c1-12(2)18-22-16-11-15(9-10-17(16)25-18)21-13(3)19-23-24-20(26-19)14-7-5-4-6-8-14/h4-13,21H,1-3H3. The molecule has 1 unspecified atom stereocenters. The molecule has 0 spiro atoms. The van der Waals surface area contributed by atoms with E-state index in [1.54, 1.807) is 0 Å². The fourth-order valence-electron chi connectivity index (χ4n) is 2.70. The van der Waals surface area contributed by atoms with Crippen molar-refractivity contribution in [3.05, 3.63) is 60.3 Å². The summed E-state index contributed by atoms with van der Waals surface area (Å²) in [4.78, 5) is 4.54. The lowest BCUT2D eigenvalue weighted by molar-refractivity contribution is 0.485. The molecule has 2 aromatic carbocycles. The molecule has 0 saturated heterocycles. The highest BCUT2D eigenvalue weighted by atomic mass is 16.4. The van der Waals surface area contributed by atoms with Gasteiger partial charge in [-0.15, -0.1) is 10.2 Å². The summed E-state index contributed by atoms with van der Waals surface area (Å²) in [5, 5.41) is 11.7. The van der Waals surface area contributed by atoms with Gasteiger partial charge in [-0.25, -0.2) is 4.98 Å². The van der Waals surface area contributed by atoms with Gasteiger partial charge >= 0.3 is 0 Å². The number of rotatable bonds is 5. The molecule has 0 radical (unpaired) electrons. The van der Waals surface area contributed by atoms with E-state index in [9.17, 15) is 0 Å². The lowest BCUT2D eigenvalue weighted by atomic mass is 10.2. The zero-order valence-electron chi connectivity index (χ0n) is 14.9. The van der Waals surface area contributed by atoms with E-state index in [4.69, 9.17) is 8.83 Å². The summed E-state index contributed by atoms with van der Waals surface area (Å²) in [6, 6.07) is 15.5. The number of aromatic nitrogens is 3. The van der Waals surface area contributed by atoms with Crippen LogP contribution < -0.4 is 5.32 Å². The summed E-state index contributed by atoms with van der Waals surface area (Å²) >= 11 is 0. The van der Waals surface area contributed by atoms with Crippen molar-refractivity contribution in [2.45, 2.75) is 32.7 Å². The Bertz CT molecular complexity index is 1020. The van der Waals surface area contributed by atoms with Crippen molar-refractivity contribution in [2.24, 2.45) is 0 Å². The summed E-state index contributed by atoms with van der Waals surface area (Å²) in [6.07, 6.45) is 0. The highest BCUT2D eigenvalue weighted by Gasteiger charge is 2.16. The second-order valence-electron chi connectivity index (χ2n) is 6.57. The van der Waals surface area contributed by atoms with Crippen LogP contribution in [0.1, 0.15) is 44.5 Å². The Morgan fingerprint density at radius 2 is 1.69 bits per heavy atom. The van der Waals surface area contributed by atoms with Crippen LogP contribution in [0.2, 0.25) is 0 Å². The van der Waals surface area contributed by atoms with Crippen molar-refractivity contribution in [1.82, 2.24) is 15.2 Å². The minimum Gasteiger partial charge on any atom is -0.440 e.